The fourth-order valence-electron chi connectivity index (χ4n) is 4.78. The molecular formula is C25H34BrN5O3. The third-order valence-electron chi connectivity index (χ3n) is 6.78. The molecule has 3 heterocycles. The van der Waals surface area contributed by atoms with Crippen LogP contribution in [0.4, 0.5) is 0 Å². The highest BCUT2D eigenvalue weighted by molar-refractivity contribution is 9.10. The number of hydrogen-bond donors (Lipinski definition) is 0. The molecule has 1 aromatic heterocycles. The van der Waals surface area contributed by atoms with Gasteiger partial charge in [-0.05, 0) is 45.2 Å². The second kappa shape index (κ2) is 10.9. The summed E-state index contributed by atoms with van der Waals surface area (Å²) in [6.07, 6.45) is 0.950. The molecule has 184 valence electrons. The number of carbonyl (C=O) groups excluding carboxylic acids is 2. The summed E-state index contributed by atoms with van der Waals surface area (Å²) >= 11 is 3.50. The number of likely N-dealkylation sites (tertiary alicyclic amines) is 1. The highest BCUT2D eigenvalue weighted by Crippen LogP contribution is 2.28. The van der Waals surface area contributed by atoms with Crippen molar-refractivity contribution in [1.82, 2.24) is 24.5 Å². The molecule has 0 bridgehead atoms. The van der Waals surface area contributed by atoms with Crippen molar-refractivity contribution in [3.63, 3.8) is 0 Å². The van der Waals surface area contributed by atoms with E-state index in [1.807, 2.05) is 54.0 Å². The summed E-state index contributed by atoms with van der Waals surface area (Å²) in [5.74, 6) is 0.890. The van der Waals surface area contributed by atoms with Crippen LogP contribution in [0.15, 0.2) is 34.8 Å². The van der Waals surface area contributed by atoms with Crippen LogP contribution in [0.25, 0.3) is 0 Å². The molecule has 0 N–H and O–H groups in total. The number of ether oxygens (including phenoxy) is 1. The van der Waals surface area contributed by atoms with Crippen molar-refractivity contribution in [2.45, 2.75) is 39.3 Å². The fourth-order valence-corrected chi connectivity index (χ4v) is 5.15. The van der Waals surface area contributed by atoms with Crippen molar-refractivity contribution >= 4 is 27.7 Å². The van der Waals surface area contributed by atoms with E-state index in [0.29, 0.717) is 25.9 Å². The van der Waals surface area contributed by atoms with Crippen LogP contribution in [0.3, 0.4) is 0 Å². The normalized spacial score (nSPS) is 21.5. The first kappa shape index (κ1) is 24.7. The van der Waals surface area contributed by atoms with E-state index in [9.17, 15) is 9.59 Å². The van der Waals surface area contributed by atoms with Gasteiger partial charge in [-0.3, -0.25) is 14.3 Å². The molecule has 2 atom stereocenters. The number of nitrogens with zero attached hydrogens (tertiary/aromatic N) is 5. The summed E-state index contributed by atoms with van der Waals surface area (Å²) in [6.45, 7) is 8.51. The number of carbonyl (C=O) groups is 2. The maximum absolute atomic E-state index is 13.2. The summed E-state index contributed by atoms with van der Waals surface area (Å²) in [4.78, 5) is 32.4. The van der Waals surface area contributed by atoms with Crippen molar-refractivity contribution in [2.24, 2.45) is 5.92 Å². The van der Waals surface area contributed by atoms with Crippen LogP contribution in [0, 0.1) is 19.8 Å². The predicted octanol–water partition coefficient (Wildman–Crippen LogP) is 2.72. The number of amides is 2. The highest BCUT2D eigenvalue weighted by Gasteiger charge is 2.36. The zero-order valence-corrected chi connectivity index (χ0v) is 21.8. The molecule has 8 nitrogen and oxygen atoms in total. The molecule has 2 amide bonds. The molecule has 2 aromatic rings. The Balaban J connectivity index is 1.45. The van der Waals surface area contributed by atoms with Gasteiger partial charge in [0.05, 0.1) is 5.69 Å². The second-order valence-electron chi connectivity index (χ2n) is 9.48. The van der Waals surface area contributed by atoms with Gasteiger partial charge in [-0.2, -0.15) is 5.10 Å². The number of likely N-dealkylation sites (N-methyl/N-ethyl adjacent to an activating group) is 1. The number of piperidine rings is 1. The zero-order chi connectivity index (χ0) is 24.2. The lowest BCUT2D eigenvalue weighted by atomic mass is 9.90. The van der Waals surface area contributed by atoms with E-state index in [1.54, 1.807) is 4.68 Å². The van der Waals surface area contributed by atoms with Crippen LogP contribution in [-0.4, -0.2) is 88.7 Å². The van der Waals surface area contributed by atoms with Crippen LogP contribution >= 0.6 is 15.9 Å². The molecule has 0 saturated carbocycles. The van der Waals surface area contributed by atoms with E-state index < -0.39 is 0 Å². The van der Waals surface area contributed by atoms with Gasteiger partial charge in [-0.25, -0.2) is 0 Å². The quantitative estimate of drug-likeness (QED) is 0.573. The molecule has 1 aromatic carbocycles. The van der Waals surface area contributed by atoms with Crippen molar-refractivity contribution < 1.29 is 14.3 Å². The molecular weight excluding hydrogens is 498 g/mol. The van der Waals surface area contributed by atoms with Gasteiger partial charge in [0.2, 0.25) is 11.8 Å². The van der Waals surface area contributed by atoms with Gasteiger partial charge in [0.25, 0.3) is 0 Å². The number of piperazine rings is 1. The second-order valence-corrected chi connectivity index (χ2v) is 10.4. The van der Waals surface area contributed by atoms with Crippen molar-refractivity contribution in [1.29, 1.82) is 0 Å². The number of halogens is 1. The predicted molar refractivity (Wildman–Crippen MR) is 134 cm³/mol. The van der Waals surface area contributed by atoms with Crippen molar-refractivity contribution in [3.8, 4) is 5.75 Å². The highest BCUT2D eigenvalue weighted by atomic mass is 79.9. The maximum Gasteiger partial charge on any atom is 0.244 e. The van der Waals surface area contributed by atoms with Gasteiger partial charge < -0.3 is 19.4 Å². The Morgan fingerprint density at radius 2 is 1.82 bits per heavy atom. The molecule has 0 radical (unpaired) electrons. The van der Waals surface area contributed by atoms with E-state index in [1.165, 1.54) is 0 Å². The van der Waals surface area contributed by atoms with E-state index in [4.69, 9.17) is 4.74 Å². The molecule has 4 rings (SSSR count). The number of aryl methyl sites for hydroxylation is 2. The molecule has 2 fully saturated rings. The van der Waals surface area contributed by atoms with Gasteiger partial charge in [0.1, 0.15) is 18.4 Å². The summed E-state index contributed by atoms with van der Waals surface area (Å²) in [5, 5.41) is 4.43. The van der Waals surface area contributed by atoms with E-state index in [-0.39, 0.29) is 30.4 Å². The van der Waals surface area contributed by atoms with Crippen LogP contribution in [-0.2, 0) is 16.1 Å². The first-order valence-corrected chi connectivity index (χ1v) is 12.7. The van der Waals surface area contributed by atoms with E-state index in [0.717, 1.165) is 47.8 Å². The Hall–Kier alpha value is -2.39. The summed E-state index contributed by atoms with van der Waals surface area (Å²) in [5.41, 5.74) is 1.88. The lowest BCUT2D eigenvalue weighted by Crippen LogP contribution is -2.52. The molecule has 2 saturated heterocycles. The molecule has 0 spiro atoms. The van der Waals surface area contributed by atoms with Crippen molar-refractivity contribution in [3.05, 3.63) is 46.2 Å². The minimum Gasteiger partial charge on any atom is -0.490 e. The largest absolute Gasteiger partial charge is 0.490 e. The zero-order valence-electron chi connectivity index (χ0n) is 20.2. The molecule has 2 aliphatic rings. The summed E-state index contributed by atoms with van der Waals surface area (Å²) in [7, 11) is 2.08. The van der Waals surface area contributed by atoms with Gasteiger partial charge in [0.15, 0.2) is 0 Å². The first-order valence-electron chi connectivity index (χ1n) is 12.0. The number of aromatic nitrogens is 2. The smallest absolute Gasteiger partial charge is 0.244 e. The number of rotatable bonds is 6. The Bertz CT molecular complexity index is 1020. The monoisotopic (exact) mass is 531 g/mol. The van der Waals surface area contributed by atoms with Crippen LogP contribution in [0.1, 0.15) is 24.2 Å². The first-order chi connectivity index (χ1) is 16.3. The SMILES string of the molecule is Cc1cc(C)n(CC(=O)N2CC[C@H](Oc3cccc(Br)c3)[C@@H](CC(=O)N3CCN(C)CC3)C2)n1. The van der Waals surface area contributed by atoms with Crippen LogP contribution in [0.5, 0.6) is 5.75 Å². The van der Waals surface area contributed by atoms with Crippen molar-refractivity contribution in [2.75, 3.05) is 46.3 Å². The molecule has 34 heavy (non-hydrogen) atoms. The Labute approximate surface area is 210 Å². The van der Waals surface area contributed by atoms with Gasteiger partial charge >= 0.3 is 0 Å². The Kier molecular flexibility index (Phi) is 7.93. The van der Waals surface area contributed by atoms with Crippen LogP contribution in [0.2, 0.25) is 0 Å². The van der Waals surface area contributed by atoms with Gasteiger partial charge in [0, 0.05) is 68.2 Å². The topological polar surface area (TPSA) is 70.9 Å². The average molecular weight is 532 g/mol. The van der Waals surface area contributed by atoms with Gasteiger partial charge in [-0.15, -0.1) is 0 Å². The van der Waals surface area contributed by atoms with Crippen LogP contribution < -0.4 is 4.74 Å². The third-order valence-corrected chi connectivity index (χ3v) is 7.27. The minimum absolute atomic E-state index is 0.0316. The maximum atomic E-state index is 13.2. The lowest BCUT2D eigenvalue weighted by Gasteiger charge is -2.40. The Morgan fingerprint density at radius 3 is 2.50 bits per heavy atom. The third kappa shape index (κ3) is 6.18. The lowest BCUT2D eigenvalue weighted by molar-refractivity contribution is -0.140. The fraction of sp³-hybridized carbons (Fsp3) is 0.560. The minimum atomic E-state index is -0.122. The summed E-state index contributed by atoms with van der Waals surface area (Å²) < 4.78 is 9.07. The number of benzene rings is 1. The molecule has 0 aliphatic carbocycles. The van der Waals surface area contributed by atoms with E-state index >= 15 is 0 Å². The molecule has 0 unspecified atom stereocenters. The van der Waals surface area contributed by atoms with Gasteiger partial charge in [-0.1, -0.05) is 22.0 Å². The Morgan fingerprint density at radius 1 is 1.06 bits per heavy atom. The summed E-state index contributed by atoms with van der Waals surface area (Å²) in [6, 6.07) is 9.76. The standard InChI is InChI=1S/C25H34BrN5O3/c1-18-13-19(2)31(27-18)17-25(33)30-8-7-23(34-22-6-4-5-21(26)15-22)20(16-30)14-24(32)29-11-9-28(3)10-12-29/h4-6,13,15,20,23H,7-12,14,16-17H2,1-3H3/t20-,23-/m0/s1. The molecule has 9 heteroatoms. The van der Waals surface area contributed by atoms with E-state index in [2.05, 4.69) is 33.0 Å². The average Bonchev–Trinajstić information content (AvgIpc) is 3.11. The number of hydrogen-bond acceptors (Lipinski definition) is 5. The molecule has 2 aliphatic heterocycles.